The molecule has 0 unspecified atom stereocenters. The van der Waals surface area contributed by atoms with E-state index in [9.17, 15) is 0 Å². The Morgan fingerprint density at radius 3 is 1.67 bits per heavy atom. The van der Waals surface area contributed by atoms with Gasteiger partial charge in [0.25, 0.3) is 0 Å². The average molecular weight is 670 g/mol. The zero-order chi connectivity index (χ0) is 33.9. The highest BCUT2D eigenvalue weighted by Gasteiger charge is 2.25. The number of hydrogen-bond donors (Lipinski definition) is 0. The summed E-state index contributed by atoms with van der Waals surface area (Å²) in [5, 5.41) is 10.1. The Balaban J connectivity index is 1.23. The maximum absolute atomic E-state index is 6.28. The quantitative estimate of drug-likeness (QED) is 0.184. The molecule has 0 bridgehead atoms. The molecule has 52 heavy (non-hydrogen) atoms. The first-order valence-corrected chi connectivity index (χ1v) is 18.7. The Hall–Kier alpha value is -6.26. The van der Waals surface area contributed by atoms with Crippen LogP contribution in [-0.2, 0) is 0 Å². The van der Waals surface area contributed by atoms with Gasteiger partial charge in [0.1, 0.15) is 11.2 Å². The molecule has 0 N–H and O–H groups in total. The number of nitrogens with zero attached hydrogens (tertiary/aromatic N) is 3. The highest BCUT2D eigenvalue weighted by atomic mass is 16.3. The van der Waals surface area contributed by atoms with Gasteiger partial charge in [-0.3, -0.25) is 0 Å². The lowest BCUT2D eigenvalue weighted by Crippen LogP contribution is -2.12. The van der Waals surface area contributed by atoms with Crippen LogP contribution < -0.4 is 0 Å². The monoisotopic (exact) mass is 669 g/mol. The molecule has 4 aromatic heterocycles. The van der Waals surface area contributed by atoms with E-state index in [1.165, 1.54) is 103 Å². The predicted molar refractivity (Wildman–Crippen MR) is 218 cm³/mol. The zero-order valence-corrected chi connectivity index (χ0v) is 28.7. The molecule has 1 aliphatic carbocycles. The lowest BCUT2D eigenvalue weighted by molar-refractivity contribution is 0.367. The number of aromatic nitrogens is 3. The number of benzene rings is 7. The fourth-order valence-corrected chi connectivity index (χ4v) is 9.79. The third-order valence-corrected chi connectivity index (χ3v) is 12.0. The van der Waals surface area contributed by atoms with Crippen molar-refractivity contribution in [2.45, 2.75) is 38.1 Å². The van der Waals surface area contributed by atoms with Crippen molar-refractivity contribution in [3.8, 4) is 11.4 Å². The molecule has 0 saturated heterocycles. The summed E-state index contributed by atoms with van der Waals surface area (Å²) in [5.74, 6) is 0. The Morgan fingerprint density at radius 1 is 0.385 bits per heavy atom. The van der Waals surface area contributed by atoms with Gasteiger partial charge in [0.2, 0.25) is 0 Å². The van der Waals surface area contributed by atoms with Crippen LogP contribution in [0.5, 0.6) is 0 Å². The van der Waals surface area contributed by atoms with Crippen molar-refractivity contribution in [2.24, 2.45) is 0 Å². The Morgan fingerprint density at radius 2 is 0.904 bits per heavy atom. The van der Waals surface area contributed by atoms with Crippen LogP contribution in [0.1, 0.15) is 38.1 Å². The van der Waals surface area contributed by atoms with Gasteiger partial charge in [0.15, 0.2) is 0 Å². The standard InChI is InChI=1S/C48H35N3O/c1-2-12-30(13-3-1)49-41-20-10-6-17-36(41)47-43(49)25-26-44-48(47)38-29-31(50-39-18-8-4-14-33(39)34-15-5-9-19-40(34)50)22-24-42(38)51(44)32-23-27-46-37(28-32)35-16-7-11-21-45(35)52-46/h4-11,14-30H,1-3,12-13H2. The highest BCUT2D eigenvalue weighted by molar-refractivity contribution is 6.29. The van der Waals surface area contributed by atoms with E-state index < -0.39 is 0 Å². The maximum Gasteiger partial charge on any atom is 0.135 e. The van der Waals surface area contributed by atoms with Crippen molar-refractivity contribution in [1.82, 2.24) is 13.7 Å². The molecule has 0 spiro atoms. The van der Waals surface area contributed by atoms with Crippen molar-refractivity contribution < 1.29 is 4.42 Å². The molecule has 1 fully saturated rings. The fourth-order valence-electron chi connectivity index (χ4n) is 9.79. The van der Waals surface area contributed by atoms with Gasteiger partial charge in [-0.25, -0.2) is 0 Å². The van der Waals surface area contributed by atoms with Gasteiger partial charge in [-0.2, -0.15) is 0 Å². The minimum atomic E-state index is 0.520. The van der Waals surface area contributed by atoms with Crippen LogP contribution in [-0.4, -0.2) is 13.7 Å². The van der Waals surface area contributed by atoms with Gasteiger partial charge in [-0.05, 0) is 85.6 Å². The number of hydrogen-bond acceptors (Lipinski definition) is 1. The molecule has 12 rings (SSSR count). The molecule has 1 aliphatic rings. The summed E-state index contributed by atoms with van der Waals surface area (Å²) < 4.78 is 13.9. The first-order chi connectivity index (χ1) is 25.8. The van der Waals surface area contributed by atoms with Crippen LogP contribution in [0.4, 0.5) is 0 Å². The number of rotatable bonds is 3. The van der Waals surface area contributed by atoms with Crippen LogP contribution in [0.15, 0.2) is 150 Å². The molecule has 0 amide bonds. The van der Waals surface area contributed by atoms with E-state index in [0.717, 1.165) is 27.6 Å². The normalized spacial score (nSPS) is 14.5. The summed E-state index contributed by atoms with van der Waals surface area (Å²) in [6.45, 7) is 0. The van der Waals surface area contributed by atoms with Crippen LogP contribution >= 0.6 is 0 Å². The molecule has 1 saturated carbocycles. The highest BCUT2D eigenvalue weighted by Crippen LogP contribution is 2.45. The average Bonchev–Trinajstić information content (AvgIpc) is 3.94. The second kappa shape index (κ2) is 10.6. The summed E-state index contributed by atoms with van der Waals surface area (Å²) in [7, 11) is 0. The Labute approximate surface area is 299 Å². The maximum atomic E-state index is 6.28. The lowest BCUT2D eigenvalue weighted by atomic mass is 9.95. The first kappa shape index (κ1) is 28.4. The van der Waals surface area contributed by atoms with Crippen LogP contribution in [0.3, 0.4) is 0 Å². The van der Waals surface area contributed by atoms with Gasteiger partial charge in [-0.15, -0.1) is 0 Å². The van der Waals surface area contributed by atoms with E-state index in [4.69, 9.17) is 4.42 Å². The number of fused-ring (bicyclic) bond motifs is 13. The van der Waals surface area contributed by atoms with Gasteiger partial charge in [0, 0.05) is 66.0 Å². The SMILES string of the molecule is c1ccc2c(c1)oc1ccc(-n3c4ccc(-n5c6ccccc6c6ccccc65)cc4c4c5c6ccccc6n(C6CCCCC6)c5ccc43)cc12. The molecule has 0 atom stereocenters. The third kappa shape index (κ3) is 3.81. The number of furan rings is 1. The molecular formula is C48H35N3O. The van der Waals surface area contributed by atoms with Crippen molar-refractivity contribution in [3.05, 3.63) is 146 Å². The van der Waals surface area contributed by atoms with Crippen molar-refractivity contribution in [3.63, 3.8) is 0 Å². The topological polar surface area (TPSA) is 27.9 Å². The van der Waals surface area contributed by atoms with Gasteiger partial charge >= 0.3 is 0 Å². The van der Waals surface area contributed by atoms with Crippen LogP contribution in [0.25, 0.3) is 98.7 Å². The van der Waals surface area contributed by atoms with Crippen molar-refractivity contribution in [2.75, 3.05) is 0 Å². The second-order valence-corrected chi connectivity index (χ2v) is 14.7. The van der Waals surface area contributed by atoms with Gasteiger partial charge in [-0.1, -0.05) is 92.1 Å². The minimum Gasteiger partial charge on any atom is -0.456 e. The summed E-state index contributed by atoms with van der Waals surface area (Å²) in [6.07, 6.45) is 6.42. The summed E-state index contributed by atoms with van der Waals surface area (Å²) in [5.41, 5.74) is 11.7. The Bertz CT molecular complexity index is 3180. The molecule has 7 aromatic carbocycles. The largest absolute Gasteiger partial charge is 0.456 e. The molecule has 11 aromatic rings. The summed E-state index contributed by atoms with van der Waals surface area (Å²) in [4.78, 5) is 0. The molecule has 248 valence electrons. The van der Waals surface area contributed by atoms with Gasteiger partial charge in [0.05, 0.1) is 27.6 Å². The zero-order valence-electron chi connectivity index (χ0n) is 28.7. The first-order valence-electron chi connectivity index (χ1n) is 18.7. The van der Waals surface area contributed by atoms with Crippen molar-refractivity contribution in [1.29, 1.82) is 0 Å². The molecule has 0 aliphatic heterocycles. The van der Waals surface area contributed by atoms with E-state index in [2.05, 4.69) is 153 Å². The van der Waals surface area contributed by atoms with E-state index in [1.807, 2.05) is 6.07 Å². The van der Waals surface area contributed by atoms with E-state index in [0.29, 0.717) is 6.04 Å². The third-order valence-electron chi connectivity index (χ3n) is 12.0. The molecule has 4 nitrogen and oxygen atoms in total. The van der Waals surface area contributed by atoms with E-state index in [1.54, 1.807) is 0 Å². The molecule has 4 heteroatoms. The van der Waals surface area contributed by atoms with Crippen molar-refractivity contribution >= 4 is 87.4 Å². The second-order valence-electron chi connectivity index (χ2n) is 14.7. The summed E-state index contributed by atoms with van der Waals surface area (Å²) in [6, 6.07) is 54.2. The lowest BCUT2D eigenvalue weighted by Gasteiger charge is -2.25. The van der Waals surface area contributed by atoms with Crippen LogP contribution in [0, 0.1) is 0 Å². The van der Waals surface area contributed by atoms with Gasteiger partial charge < -0.3 is 18.1 Å². The van der Waals surface area contributed by atoms with E-state index >= 15 is 0 Å². The fraction of sp³-hybridized carbons (Fsp3) is 0.125. The number of para-hydroxylation sites is 4. The molecule has 4 heterocycles. The predicted octanol–water partition coefficient (Wildman–Crippen LogP) is 13.4. The molecule has 0 radical (unpaired) electrons. The Kier molecular flexibility index (Phi) is 5.81. The molecular weight excluding hydrogens is 635 g/mol. The minimum absolute atomic E-state index is 0.520. The van der Waals surface area contributed by atoms with E-state index in [-0.39, 0.29) is 0 Å². The smallest absolute Gasteiger partial charge is 0.135 e. The summed E-state index contributed by atoms with van der Waals surface area (Å²) >= 11 is 0. The van der Waals surface area contributed by atoms with Crippen LogP contribution in [0.2, 0.25) is 0 Å².